The maximum Gasteiger partial charge on any atom is 0.225 e. The van der Waals surface area contributed by atoms with E-state index in [0.717, 1.165) is 45.4 Å². The lowest BCUT2D eigenvalue weighted by atomic mass is 9.88. The van der Waals surface area contributed by atoms with Crippen LogP contribution in [0.2, 0.25) is 0 Å². The number of ether oxygens (including phenoxy) is 1. The third kappa shape index (κ3) is 3.44. The van der Waals surface area contributed by atoms with Crippen molar-refractivity contribution in [3.05, 3.63) is 0 Å². The molecule has 0 N–H and O–H groups in total. The Bertz CT molecular complexity index is 247. The van der Waals surface area contributed by atoms with E-state index in [-0.39, 0.29) is 6.10 Å². The number of piperidine rings is 1. The first-order valence-electron chi connectivity index (χ1n) is 7.21. The van der Waals surface area contributed by atoms with Gasteiger partial charge in [0.25, 0.3) is 0 Å². The second-order valence-electron chi connectivity index (χ2n) is 5.34. The van der Waals surface area contributed by atoms with Crippen LogP contribution in [0.5, 0.6) is 0 Å². The van der Waals surface area contributed by atoms with E-state index < -0.39 is 0 Å². The molecule has 3 nitrogen and oxygen atoms in total. The number of hydrogen-bond donors (Lipinski definition) is 0. The van der Waals surface area contributed by atoms with Crippen molar-refractivity contribution in [2.24, 2.45) is 5.92 Å². The number of amides is 1. The molecular weight excluding hydrogens is 214 g/mol. The minimum absolute atomic E-state index is 0.279. The van der Waals surface area contributed by atoms with Crippen molar-refractivity contribution in [1.29, 1.82) is 0 Å². The maximum atomic E-state index is 12.4. The SMILES string of the molecule is CCOC1CCCN(C(=O)C2CCCCC2)C1. The van der Waals surface area contributed by atoms with E-state index in [1.165, 1.54) is 19.3 Å². The van der Waals surface area contributed by atoms with Crippen molar-refractivity contribution in [3.63, 3.8) is 0 Å². The van der Waals surface area contributed by atoms with Crippen LogP contribution < -0.4 is 0 Å². The van der Waals surface area contributed by atoms with Crippen molar-refractivity contribution in [3.8, 4) is 0 Å². The van der Waals surface area contributed by atoms with E-state index in [1.54, 1.807) is 0 Å². The van der Waals surface area contributed by atoms with Gasteiger partial charge in [-0.05, 0) is 32.6 Å². The van der Waals surface area contributed by atoms with Crippen LogP contribution >= 0.6 is 0 Å². The molecule has 17 heavy (non-hydrogen) atoms. The summed E-state index contributed by atoms with van der Waals surface area (Å²) >= 11 is 0. The van der Waals surface area contributed by atoms with Crippen LogP contribution in [0.15, 0.2) is 0 Å². The molecule has 1 aliphatic heterocycles. The van der Waals surface area contributed by atoms with Crippen molar-refractivity contribution in [2.75, 3.05) is 19.7 Å². The molecule has 0 aromatic carbocycles. The summed E-state index contributed by atoms with van der Waals surface area (Å²) in [6.07, 6.45) is 8.49. The van der Waals surface area contributed by atoms with Gasteiger partial charge in [0.15, 0.2) is 0 Å². The molecule has 0 aromatic heterocycles. The number of nitrogens with zero attached hydrogens (tertiary/aromatic N) is 1. The van der Waals surface area contributed by atoms with E-state index in [0.29, 0.717) is 11.8 Å². The molecule has 0 bridgehead atoms. The average molecular weight is 239 g/mol. The minimum atomic E-state index is 0.279. The predicted molar refractivity (Wildman–Crippen MR) is 67.8 cm³/mol. The normalized spacial score (nSPS) is 27.1. The molecule has 0 radical (unpaired) electrons. The topological polar surface area (TPSA) is 29.5 Å². The number of hydrogen-bond acceptors (Lipinski definition) is 2. The zero-order valence-electron chi connectivity index (χ0n) is 11.0. The van der Waals surface area contributed by atoms with Crippen molar-refractivity contribution >= 4 is 5.91 Å². The lowest BCUT2D eigenvalue weighted by molar-refractivity contribution is -0.140. The molecule has 1 saturated carbocycles. The van der Waals surface area contributed by atoms with Gasteiger partial charge in [-0.3, -0.25) is 4.79 Å². The molecular formula is C14H25NO2. The fourth-order valence-corrected chi connectivity index (χ4v) is 3.12. The van der Waals surface area contributed by atoms with E-state index in [2.05, 4.69) is 4.90 Å². The Kier molecular flexibility index (Phi) is 4.84. The molecule has 2 fully saturated rings. The highest BCUT2D eigenvalue weighted by molar-refractivity contribution is 5.79. The van der Waals surface area contributed by atoms with Gasteiger partial charge < -0.3 is 9.64 Å². The van der Waals surface area contributed by atoms with Gasteiger partial charge in [0.1, 0.15) is 0 Å². The second-order valence-corrected chi connectivity index (χ2v) is 5.34. The summed E-state index contributed by atoms with van der Waals surface area (Å²) in [5.41, 5.74) is 0. The minimum Gasteiger partial charge on any atom is -0.377 e. The molecule has 1 saturated heterocycles. The molecule has 1 amide bonds. The summed E-state index contributed by atoms with van der Waals surface area (Å²) < 4.78 is 5.66. The van der Waals surface area contributed by atoms with E-state index >= 15 is 0 Å². The number of likely N-dealkylation sites (tertiary alicyclic amines) is 1. The number of carbonyl (C=O) groups excluding carboxylic acids is 1. The van der Waals surface area contributed by atoms with Gasteiger partial charge in [-0.25, -0.2) is 0 Å². The average Bonchev–Trinajstić information content (AvgIpc) is 2.40. The van der Waals surface area contributed by atoms with E-state index in [9.17, 15) is 4.79 Å². The molecule has 0 aromatic rings. The molecule has 98 valence electrons. The molecule has 1 aliphatic carbocycles. The van der Waals surface area contributed by atoms with E-state index in [4.69, 9.17) is 4.74 Å². The van der Waals surface area contributed by atoms with Gasteiger partial charge in [0.05, 0.1) is 6.10 Å². The van der Waals surface area contributed by atoms with Crippen LogP contribution in [0, 0.1) is 5.92 Å². The molecule has 2 rings (SSSR count). The second kappa shape index (κ2) is 6.39. The van der Waals surface area contributed by atoms with E-state index in [1.807, 2.05) is 6.92 Å². The Hall–Kier alpha value is -0.570. The van der Waals surface area contributed by atoms with Crippen LogP contribution in [-0.4, -0.2) is 36.6 Å². The maximum absolute atomic E-state index is 12.4. The van der Waals surface area contributed by atoms with Gasteiger partial charge >= 0.3 is 0 Å². The monoisotopic (exact) mass is 239 g/mol. The third-order valence-electron chi connectivity index (χ3n) is 4.05. The summed E-state index contributed by atoms with van der Waals surface area (Å²) in [4.78, 5) is 14.4. The van der Waals surface area contributed by atoms with Gasteiger partial charge in [0.2, 0.25) is 5.91 Å². The van der Waals surface area contributed by atoms with Crippen molar-refractivity contribution in [1.82, 2.24) is 4.90 Å². The molecule has 2 aliphatic rings. The number of rotatable bonds is 3. The molecule has 0 spiro atoms. The first-order chi connectivity index (χ1) is 8.31. The predicted octanol–water partition coefficient (Wildman–Crippen LogP) is 2.59. The summed E-state index contributed by atoms with van der Waals surface area (Å²) in [7, 11) is 0. The summed E-state index contributed by atoms with van der Waals surface area (Å²) in [6, 6.07) is 0. The Labute approximate surface area is 105 Å². The van der Waals surface area contributed by atoms with Crippen LogP contribution in [0.4, 0.5) is 0 Å². The van der Waals surface area contributed by atoms with Crippen LogP contribution in [0.3, 0.4) is 0 Å². The highest BCUT2D eigenvalue weighted by Crippen LogP contribution is 2.26. The Balaban J connectivity index is 1.85. The zero-order chi connectivity index (χ0) is 12.1. The standard InChI is InChI=1S/C14H25NO2/c1-2-17-13-9-6-10-15(11-13)14(16)12-7-4-3-5-8-12/h12-13H,2-11H2,1H3. The Morgan fingerprint density at radius 2 is 1.94 bits per heavy atom. The highest BCUT2D eigenvalue weighted by atomic mass is 16.5. The largest absolute Gasteiger partial charge is 0.377 e. The van der Waals surface area contributed by atoms with Crippen LogP contribution in [0.1, 0.15) is 51.9 Å². The first-order valence-corrected chi connectivity index (χ1v) is 7.21. The summed E-state index contributed by atoms with van der Waals surface area (Å²) in [5.74, 6) is 0.707. The van der Waals surface area contributed by atoms with Gasteiger partial charge in [0, 0.05) is 25.6 Å². The molecule has 1 atom stereocenters. The molecule has 1 heterocycles. The van der Waals surface area contributed by atoms with Gasteiger partial charge in [-0.2, -0.15) is 0 Å². The quantitative estimate of drug-likeness (QED) is 0.757. The summed E-state index contributed by atoms with van der Waals surface area (Å²) in [5, 5.41) is 0. The first kappa shape index (κ1) is 12.9. The smallest absolute Gasteiger partial charge is 0.225 e. The van der Waals surface area contributed by atoms with Crippen molar-refractivity contribution < 1.29 is 9.53 Å². The fourth-order valence-electron chi connectivity index (χ4n) is 3.12. The molecule has 1 unspecified atom stereocenters. The molecule has 3 heteroatoms. The number of carbonyl (C=O) groups is 1. The van der Waals surface area contributed by atoms with Gasteiger partial charge in [-0.1, -0.05) is 19.3 Å². The van der Waals surface area contributed by atoms with Crippen LogP contribution in [-0.2, 0) is 9.53 Å². The Morgan fingerprint density at radius 3 is 2.65 bits per heavy atom. The van der Waals surface area contributed by atoms with Crippen LogP contribution in [0.25, 0.3) is 0 Å². The fraction of sp³-hybridized carbons (Fsp3) is 0.929. The third-order valence-corrected chi connectivity index (χ3v) is 4.05. The highest BCUT2D eigenvalue weighted by Gasteiger charge is 2.29. The van der Waals surface area contributed by atoms with Crippen molar-refractivity contribution in [2.45, 2.75) is 58.0 Å². The summed E-state index contributed by atoms with van der Waals surface area (Å²) in [6.45, 7) is 4.56. The lowest BCUT2D eigenvalue weighted by Crippen LogP contribution is -2.46. The van der Waals surface area contributed by atoms with Gasteiger partial charge in [-0.15, -0.1) is 0 Å². The zero-order valence-corrected chi connectivity index (χ0v) is 11.0. The lowest BCUT2D eigenvalue weighted by Gasteiger charge is -2.35. The Morgan fingerprint density at radius 1 is 1.18 bits per heavy atom.